The van der Waals surface area contributed by atoms with Crippen LogP contribution in [0, 0.1) is 23.7 Å². The van der Waals surface area contributed by atoms with Crippen molar-refractivity contribution in [2.45, 2.75) is 51.4 Å². The molecule has 0 saturated heterocycles. The first kappa shape index (κ1) is 12.7. The van der Waals surface area contributed by atoms with Gasteiger partial charge in [-0.1, -0.05) is 12.7 Å². The topological polar surface area (TPSA) is 0 Å². The van der Waals surface area contributed by atoms with Gasteiger partial charge in [-0.3, -0.25) is 0 Å². The predicted octanol–water partition coefficient (Wildman–Crippen LogP) is 5.13. The Balaban J connectivity index is 1.77. The Morgan fingerprint density at radius 3 is 1.65 bits per heavy atom. The minimum atomic E-state index is 0.772. The molecule has 0 unspecified atom stereocenters. The fourth-order valence-electron chi connectivity index (χ4n) is 3.80. The van der Waals surface area contributed by atoms with Crippen LogP contribution >= 0.6 is 0 Å². The van der Waals surface area contributed by atoms with Gasteiger partial charge in [0.2, 0.25) is 0 Å². The molecular weight excluding hydrogens is 204 g/mol. The monoisotopic (exact) mass is 230 g/mol. The summed E-state index contributed by atoms with van der Waals surface area (Å²) in [6, 6.07) is 0. The molecule has 2 fully saturated rings. The molecule has 2 rings (SSSR count). The second-order valence-electron chi connectivity index (χ2n) is 5.96. The van der Waals surface area contributed by atoms with Crippen molar-refractivity contribution < 1.29 is 0 Å². The molecule has 0 aromatic heterocycles. The molecule has 2 saturated carbocycles. The van der Waals surface area contributed by atoms with E-state index in [0.29, 0.717) is 0 Å². The molecule has 0 heteroatoms. The fraction of sp³-hybridized carbons (Fsp3) is 0.706. The summed E-state index contributed by atoms with van der Waals surface area (Å²) in [6.45, 7) is 7.63. The lowest BCUT2D eigenvalue weighted by Gasteiger charge is -2.36. The van der Waals surface area contributed by atoms with E-state index in [1.807, 2.05) is 0 Å². The highest BCUT2D eigenvalue weighted by Gasteiger charge is 2.29. The van der Waals surface area contributed by atoms with E-state index < -0.39 is 0 Å². The molecule has 2 aliphatic rings. The SMILES string of the molecule is C=C=CC1CCC(C2CCC(C=C)CC2)CC1. The average molecular weight is 230 g/mol. The van der Waals surface area contributed by atoms with Gasteiger partial charge in [0.25, 0.3) is 0 Å². The quantitative estimate of drug-likeness (QED) is 0.466. The minimum Gasteiger partial charge on any atom is -0.133 e. The van der Waals surface area contributed by atoms with Gasteiger partial charge in [0.15, 0.2) is 0 Å². The van der Waals surface area contributed by atoms with E-state index in [4.69, 9.17) is 0 Å². The smallest absolute Gasteiger partial charge is 0.0157 e. The number of rotatable bonds is 3. The molecule has 0 spiro atoms. The van der Waals surface area contributed by atoms with Crippen LogP contribution in [-0.2, 0) is 0 Å². The van der Waals surface area contributed by atoms with Crippen LogP contribution in [0.4, 0.5) is 0 Å². The average Bonchev–Trinajstić information content (AvgIpc) is 2.40. The van der Waals surface area contributed by atoms with Crippen molar-refractivity contribution in [3.8, 4) is 0 Å². The Kier molecular flexibility index (Phi) is 4.68. The van der Waals surface area contributed by atoms with Crippen LogP contribution in [-0.4, -0.2) is 0 Å². The van der Waals surface area contributed by atoms with Gasteiger partial charge < -0.3 is 0 Å². The van der Waals surface area contributed by atoms with E-state index in [1.165, 1.54) is 51.4 Å². The van der Waals surface area contributed by atoms with Crippen LogP contribution in [0.15, 0.2) is 31.0 Å². The lowest BCUT2D eigenvalue weighted by molar-refractivity contribution is 0.166. The third-order valence-corrected chi connectivity index (χ3v) is 4.99. The standard InChI is InChI=1S/C17H26/c1-3-5-15-8-12-17(13-9-15)16-10-6-14(4-2)7-11-16/h4-5,14-17H,1-2,6-13H2. The van der Waals surface area contributed by atoms with Gasteiger partial charge in [-0.2, -0.15) is 0 Å². The van der Waals surface area contributed by atoms with Gasteiger partial charge in [0.05, 0.1) is 0 Å². The summed E-state index contributed by atoms with van der Waals surface area (Å²) in [5.41, 5.74) is 2.96. The highest BCUT2D eigenvalue weighted by Crippen LogP contribution is 2.41. The van der Waals surface area contributed by atoms with Gasteiger partial charge in [-0.15, -0.1) is 12.3 Å². The molecule has 0 atom stereocenters. The zero-order valence-corrected chi connectivity index (χ0v) is 11.0. The minimum absolute atomic E-state index is 0.772. The van der Waals surface area contributed by atoms with E-state index in [0.717, 1.165) is 23.7 Å². The van der Waals surface area contributed by atoms with Gasteiger partial charge in [-0.25, -0.2) is 0 Å². The van der Waals surface area contributed by atoms with Gasteiger partial charge in [-0.05, 0) is 81.1 Å². The summed E-state index contributed by atoms with van der Waals surface area (Å²) in [4.78, 5) is 0. The lowest BCUT2D eigenvalue weighted by atomic mass is 9.69. The maximum absolute atomic E-state index is 3.94. The Bertz CT molecular complexity index is 279. The van der Waals surface area contributed by atoms with Crippen LogP contribution in [0.5, 0.6) is 0 Å². The molecule has 0 bridgehead atoms. The summed E-state index contributed by atoms with van der Waals surface area (Å²) in [7, 11) is 0. The van der Waals surface area contributed by atoms with Crippen molar-refractivity contribution in [3.63, 3.8) is 0 Å². The molecule has 0 heterocycles. The van der Waals surface area contributed by atoms with Crippen molar-refractivity contribution in [2.75, 3.05) is 0 Å². The Morgan fingerprint density at radius 1 is 0.765 bits per heavy atom. The second-order valence-corrected chi connectivity index (χ2v) is 5.96. The summed E-state index contributed by atoms with van der Waals surface area (Å²) in [5.74, 6) is 3.61. The van der Waals surface area contributed by atoms with Gasteiger partial charge >= 0.3 is 0 Å². The van der Waals surface area contributed by atoms with E-state index in [1.54, 1.807) is 0 Å². The molecular formula is C17H26. The van der Waals surface area contributed by atoms with E-state index in [-0.39, 0.29) is 0 Å². The van der Waals surface area contributed by atoms with Crippen molar-refractivity contribution >= 4 is 0 Å². The maximum atomic E-state index is 3.94. The molecule has 0 aromatic carbocycles. The summed E-state index contributed by atoms with van der Waals surface area (Å²) in [6.07, 6.45) is 15.6. The van der Waals surface area contributed by atoms with Crippen molar-refractivity contribution in [2.24, 2.45) is 23.7 Å². The Hall–Kier alpha value is -0.740. The van der Waals surface area contributed by atoms with Crippen LogP contribution in [0.1, 0.15) is 51.4 Å². The van der Waals surface area contributed by atoms with Crippen LogP contribution in [0.3, 0.4) is 0 Å². The van der Waals surface area contributed by atoms with Crippen LogP contribution in [0.25, 0.3) is 0 Å². The highest BCUT2D eigenvalue weighted by molar-refractivity contribution is 4.91. The molecule has 2 aliphatic carbocycles. The summed E-state index contributed by atoms with van der Waals surface area (Å²) in [5, 5.41) is 0. The first-order valence-corrected chi connectivity index (χ1v) is 7.32. The molecule has 0 N–H and O–H groups in total. The first-order chi connectivity index (χ1) is 8.33. The molecule has 0 aromatic rings. The maximum Gasteiger partial charge on any atom is -0.0157 e. The van der Waals surface area contributed by atoms with Gasteiger partial charge in [0.1, 0.15) is 0 Å². The number of hydrogen-bond acceptors (Lipinski definition) is 0. The predicted molar refractivity (Wildman–Crippen MR) is 74.8 cm³/mol. The number of allylic oxidation sites excluding steroid dienone is 2. The fourth-order valence-corrected chi connectivity index (χ4v) is 3.80. The molecule has 0 nitrogen and oxygen atoms in total. The second kappa shape index (κ2) is 6.26. The normalized spacial score (nSPS) is 38.1. The van der Waals surface area contributed by atoms with Crippen LogP contribution in [0.2, 0.25) is 0 Å². The number of hydrogen-bond donors (Lipinski definition) is 0. The van der Waals surface area contributed by atoms with Crippen molar-refractivity contribution in [1.82, 2.24) is 0 Å². The molecule has 0 radical (unpaired) electrons. The zero-order chi connectivity index (χ0) is 12.1. The third-order valence-electron chi connectivity index (χ3n) is 4.99. The van der Waals surface area contributed by atoms with E-state index in [2.05, 4.69) is 31.0 Å². The summed E-state index contributed by atoms with van der Waals surface area (Å²) >= 11 is 0. The molecule has 17 heavy (non-hydrogen) atoms. The third kappa shape index (κ3) is 3.36. The van der Waals surface area contributed by atoms with Crippen molar-refractivity contribution in [1.29, 1.82) is 0 Å². The molecule has 0 amide bonds. The Morgan fingerprint density at radius 2 is 1.24 bits per heavy atom. The zero-order valence-electron chi connectivity index (χ0n) is 11.0. The van der Waals surface area contributed by atoms with Crippen molar-refractivity contribution in [3.05, 3.63) is 31.0 Å². The lowest BCUT2D eigenvalue weighted by Crippen LogP contribution is -2.25. The molecule has 94 valence electrons. The molecule has 0 aliphatic heterocycles. The van der Waals surface area contributed by atoms with E-state index >= 15 is 0 Å². The van der Waals surface area contributed by atoms with E-state index in [9.17, 15) is 0 Å². The van der Waals surface area contributed by atoms with Gasteiger partial charge in [0, 0.05) is 0 Å². The van der Waals surface area contributed by atoms with Crippen LogP contribution < -0.4 is 0 Å². The highest BCUT2D eigenvalue weighted by atomic mass is 14.3. The first-order valence-electron chi connectivity index (χ1n) is 7.32. The largest absolute Gasteiger partial charge is 0.133 e. The Labute approximate surface area is 106 Å². The summed E-state index contributed by atoms with van der Waals surface area (Å²) < 4.78 is 0.